The Hall–Kier alpha value is -4.28. The van der Waals surface area contributed by atoms with Crippen molar-refractivity contribution in [2.75, 3.05) is 18.5 Å². The zero-order chi connectivity index (χ0) is 25.8. The van der Waals surface area contributed by atoms with Crippen LogP contribution in [0.25, 0.3) is 0 Å². The number of nitrogens with one attached hydrogen (secondary N) is 2. The predicted octanol–water partition coefficient (Wildman–Crippen LogP) is 2.57. The number of carbonyl (C=O) groups excluding carboxylic acids is 4. The fourth-order valence-corrected chi connectivity index (χ4v) is 3.43. The Labute approximate surface area is 201 Å². The van der Waals surface area contributed by atoms with Crippen LogP contribution in [-0.2, 0) is 24.5 Å². The second-order valence-corrected chi connectivity index (χ2v) is 9.14. The number of rotatable bonds is 7. The molecule has 1 fully saturated rings. The molecular formula is C24H26N4O7. The number of hydrogen-bond donors (Lipinski definition) is 2. The molecule has 11 nitrogen and oxygen atoms in total. The van der Waals surface area contributed by atoms with Gasteiger partial charge in [0, 0.05) is 29.8 Å². The second kappa shape index (κ2) is 10.3. The van der Waals surface area contributed by atoms with Gasteiger partial charge in [-0.2, -0.15) is 0 Å². The molecule has 0 aromatic heterocycles. The van der Waals surface area contributed by atoms with Crippen LogP contribution in [0, 0.1) is 16.0 Å². The number of non-ortho nitro benzene ring substituents is 1. The average Bonchev–Trinajstić information content (AvgIpc) is 3.17. The van der Waals surface area contributed by atoms with Crippen molar-refractivity contribution in [1.29, 1.82) is 0 Å². The lowest BCUT2D eigenvalue weighted by Gasteiger charge is -2.20. The van der Waals surface area contributed by atoms with Crippen molar-refractivity contribution in [2.24, 2.45) is 5.92 Å². The number of amides is 3. The molecule has 0 spiro atoms. The van der Waals surface area contributed by atoms with E-state index in [1.165, 1.54) is 24.3 Å². The summed E-state index contributed by atoms with van der Waals surface area (Å²) in [6.07, 6.45) is -0.172. The third kappa shape index (κ3) is 6.62. The Morgan fingerprint density at radius 1 is 1.14 bits per heavy atom. The lowest BCUT2D eigenvalue weighted by atomic mass is 9.87. The zero-order valence-electron chi connectivity index (χ0n) is 19.6. The predicted molar refractivity (Wildman–Crippen MR) is 125 cm³/mol. The molecule has 0 bridgehead atoms. The largest absolute Gasteiger partial charge is 0.455 e. The lowest BCUT2D eigenvalue weighted by molar-refractivity contribution is -0.384. The summed E-state index contributed by atoms with van der Waals surface area (Å²) in [6.45, 7) is 5.46. The molecule has 0 aliphatic carbocycles. The number of ether oxygens (including phenoxy) is 1. The fraction of sp³-hybridized carbons (Fsp3) is 0.333. The Balaban J connectivity index is 1.49. The number of carbonyl (C=O) groups is 4. The minimum Gasteiger partial charge on any atom is -0.455 e. The van der Waals surface area contributed by atoms with E-state index >= 15 is 0 Å². The van der Waals surface area contributed by atoms with Crippen LogP contribution in [0.2, 0.25) is 0 Å². The summed E-state index contributed by atoms with van der Waals surface area (Å²) in [6, 6.07) is 12.3. The van der Waals surface area contributed by atoms with Gasteiger partial charge in [-0.1, -0.05) is 39.0 Å². The second-order valence-electron chi connectivity index (χ2n) is 9.14. The Bertz CT molecular complexity index is 1160. The molecule has 0 radical (unpaired) electrons. The molecule has 2 N–H and O–H groups in total. The van der Waals surface area contributed by atoms with Gasteiger partial charge in [-0.25, -0.2) is 0 Å². The number of nitro groups is 1. The molecule has 0 saturated carbocycles. The SMILES string of the molecule is CC(C)(C)c1ccc(C(=O)NN2C[C@H](C(=O)OCC(=O)Nc3cccc([N+](=O)[O-])c3)CC2=O)cc1. The van der Waals surface area contributed by atoms with Crippen molar-refractivity contribution < 1.29 is 28.8 Å². The van der Waals surface area contributed by atoms with E-state index < -0.39 is 41.1 Å². The van der Waals surface area contributed by atoms with Gasteiger partial charge >= 0.3 is 5.97 Å². The molecule has 11 heteroatoms. The van der Waals surface area contributed by atoms with Crippen LogP contribution in [0.5, 0.6) is 0 Å². The number of nitrogens with zero attached hydrogens (tertiary/aromatic N) is 2. The van der Waals surface area contributed by atoms with E-state index in [-0.39, 0.29) is 29.8 Å². The van der Waals surface area contributed by atoms with Gasteiger partial charge in [0.1, 0.15) is 0 Å². The van der Waals surface area contributed by atoms with Gasteiger partial charge in [-0.3, -0.25) is 39.7 Å². The van der Waals surface area contributed by atoms with Crippen molar-refractivity contribution in [1.82, 2.24) is 10.4 Å². The molecule has 184 valence electrons. The number of anilines is 1. The van der Waals surface area contributed by atoms with Gasteiger partial charge in [-0.05, 0) is 29.2 Å². The first-order valence-electron chi connectivity index (χ1n) is 10.9. The van der Waals surface area contributed by atoms with Gasteiger partial charge in [0.15, 0.2) is 6.61 Å². The van der Waals surface area contributed by atoms with E-state index in [1.807, 2.05) is 12.1 Å². The highest BCUT2D eigenvalue weighted by Crippen LogP contribution is 2.23. The standard InChI is InChI=1S/C24H26N4O7/c1-24(2,3)17-9-7-15(8-10-17)22(31)26-27-13-16(11-21(27)30)23(32)35-14-20(29)25-18-5-4-6-19(12-18)28(33)34/h4-10,12,16H,11,13-14H2,1-3H3,(H,25,29)(H,26,31)/t16-/m1/s1. The van der Waals surface area contributed by atoms with Crippen LogP contribution >= 0.6 is 0 Å². The third-order valence-corrected chi connectivity index (χ3v) is 5.39. The van der Waals surface area contributed by atoms with Gasteiger partial charge in [0.25, 0.3) is 17.5 Å². The molecule has 35 heavy (non-hydrogen) atoms. The van der Waals surface area contributed by atoms with Gasteiger partial charge in [0.05, 0.1) is 17.4 Å². The summed E-state index contributed by atoms with van der Waals surface area (Å²) in [7, 11) is 0. The highest BCUT2D eigenvalue weighted by Gasteiger charge is 2.36. The summed E-state index contributed by atoms with van der Waals surface area (Å²) in [5, 5.41) is 14.3. The van der Waals surface area contributed by atoms with Crippen LogP contribution < -0.4 is 10.7 Å². The molecule has 0 unspecified atom stereocenters. The van der Waals surface area contributed by atoms with E-state index in [4.69, 9.17) is 4.74 Å². The molecule has 2 aromatic carbocycles. The normalized spacial score (nSPS) is 15.5. The molecule has 3 amide bonds. The van der Waals surface area contributed by atoms with Crippen molar-refractivity contribution in [2.45, 2.75) is 32.6 Å². The number of benzene rings is 2. The Morgan fingerprint density at radius 3 is 2.46 bits per heavy atom. The van der Waals surface area contributed by atoms with Crippen molar-refractivity contribution in [3.8, 4) is 0 Å². The number of nitro benzene ring substituents is 1. The van der Waals surface area contributed by atoms with E-state index in [2.05, 4.69) is 31.5 Å². The van der Waals surface area contributed by atoms with Gasteiger partial charge in [0.2, 0.25) is 5.91 Å². The first kappa shape index (κ1) is 25.3. The van der Waals surface area contributed by atoms with Crippen LogP contribution in [0.3, 0.4) is 0 Å². The van der Waals surface area contributed by atoms with E-state index in [0.717, 1.165) is 10.6 Å². The molecular weight excluding hydrogens is 456 g/mol. The van der Waals surface area contributed by atoms with E-state index in [1.54, 1.807) is 12.1 Å². The summed E-state index contributed by atoms with van der Waals surface area (Å²) in [5.74, 6) is -3.24. The van der Waals surface area contributed by atoms with Gasteiger partial charge < -0.3 is 10.1 Å². The van der Waals surface area contributed by atoms with E-state index in [0.29, 0.717) is 5.56 Å². The molecule has 2 aromatic rings. The maximum absolute atomic E-state index is 12.5. The zero-order valence-corrected chi connectivity index (χ0v) is 19.6. The fourth-order valence-electron chi connectivity index (χ4n) is 3.43. The molecule has 1 aliphatic heterocycles. The molecule has 1 atom stereocenters. The number of hydrogen-bond acceptors (Lipinski definition) is 7. The number of hydrazine groups is 1. The maximum Gasteiger partial charge on any atom is 0.311 e. The Kier molecular flexibility index (Phi) is 7.48. The first-order chi connectivity index (χ1) is 16.4. The van der Waals surface area contributed by atoms with Crippen molar-refractivity contribution in [3.63, 3.8) is 0 Å². The summed E-state index contributed by atoms with van der Waals surface area (Å²) in [5.41, 5.74) is 3.85. The highest BCUT2D eigenvalue weighted by molar-refractivity contribution is 5.97. The van der Waals surface area contributed by atoms with Crippen molar-refractivity contribution >= 4 is 35.1 Å². The maximum atomic E-state index is 12.5. The molecule has 1 aliphatic rings. The minimum atomic E-state index is -0.850. The average molecular weight is 482 g/mol. The summed E-state index contributed by atoms with van der Waals surface area (Å²) < 4.78 is 4.99. The first-order valence-corrected chi connectivity index (χ1v) is 10.9. The summed E-state index contributed by atoms with van der Waals surface area (Å²) >= 11 is 0. The molecule has 1 heterocycles. The smallest absolute Gasteiger partial charge is 0.311 e. The quantitative estimate of drug-likeness (QED) is 0.350. The lowest BCUT2D eigenvalue weighted by Crippen LogP contribution is -2.43. The topological polar surface area (TPSA) is 148 Å². The van der Waals surface area contributed by atoms with Gasteiger partial charge in [-0.15, -0.1) is 0 Å². The van der Waals surface area contributed by atoms with E-state index in [9.17, 15) is 29.3 Å². The number of esters is 1. The Morgan fingerprint density at radius 2 is 1.83 bits per heavy atom. The van der Waals surface area contributed by atoms with Crippen LogP contribution in [0.1, 0.15) is 43.1 Å². The van der Waals surface area contributed by atoms with Crippen LogP contribution in [0.15, 0.2) is 48.5 Å². The van der Waals surface area contributed by atoms with Crippen molar-refractivity contribution in [3.05, 3.63) is 69.8 Å². The minimum absolute atomic E-state index is 0.0660. The molecule has 3 rings (SSSR count). The monoisotopic (exact) mass is 482 g/mol. The van der Waals surface area contributed by atoms with Crippen LogP contribution in [0.4, 0.5) is 11.4 Å². The van der Waals surface area contributed by atoms with Crippen LogP contribution in [-0.4, -0.2) is 46.8 Å². The molecule has 1 saturated heterocycles. The summed E-state index contributed by atoms with van der Waals surface area (Å²) in [4.78, 5) is 59.4. The highest BCUT2D eigenvalue weighted by atomic mass is 16.6. The third-order valence-electron chi connectivity index (χ3n) is 5.39.